The van der Waals surface area contributed by atoms with Crippen molar-refractivity contribution >= 4 is 17.6 Å². The number of ether oxygens (including phenoxy) is 2. The molecule has 3 aromatic carbocycles. The van der Waals surface area contributed by atoms with Gasteiger partial charge < -0.3 is 19.9 Å². The molecule has 0 spiro atoms. The van der Waals surface area contributed by atoms with Gasteiger partial charge in [0.05, 0.1) is 19.8 Å². The highest BCUT2D eigenvalue weighted by atomic mass is 19.4. The van der Waals surface area contributed by atoms with E-state index in [4.69, 9.17) is 9.47 Å². The molecular weight excluding hydrogens is 483 g/mol. The average molecular weight is 512 g/mol. The lowest BCUT2D eigenvalue weighted by Gasteiger charge is -2.18. The molecule has 1 amide bonds. The number of halogens is 3. The SMILES string of the molecule is COc1cc(/C=C2\c3ccc(C(F)(F)F)cc3C(CC(=O)NCc3ccccc3)C2C)cc(OC)c1O. The Morgan fingerprint density at radius 2 is 1.68 bits per heavy atom. The lowest BCUT2D eigenvalue weighted by molar-refractivity contribution is -0.137. The highest BCUT2D eigenvalue weighted by Gasteiger charge is 2.38. The number of benzene rings is 3. The number of nitrogens with one attached hydrogen (secondary N) is 1. The molecule has 5 nitrogen and oxygen atoms in total. The summed E-state index contributed by atoms with van der Waals surface area (Å²) in [5.41, 5.74) is 2.77. The monoisotopic (exact) mass is 511 g/mol. The zero-order valence-corrected chi connectivity index (χ0v) is 20.7. The third kappa shape index (κ3) is 5.58. The predicted octanol–water partition coefficient (Wildman–Crippen LogP) is 6.41. The number of hydrogen-bond donors (Lipinski definition) is 2. The summed E-state index contributed by atoms with van der Waals surface area (Å²) in [7, 11) is 2.84. The van der Waals surface area contributed by atoms with Gasteiger partial charge in [0.15, 0.2) is 11.5 Å². The summed E-state index contributed by atoms with van der Waals surface area (Å²) in [6.07, 6.45) is -2.62. The van der Waals surface area contributed by atoms with E-state index in [1.54, 1.807) is 12.1 Å². The van der Waals surface area contributed by atoms with E-state index in [1.165, 1.54) is 20.3 Å². The average Bonchev–Trinajstić information content (AvgIpc) is 3.13. The second kappa shape index (κ2) is 10.6. The number of phenolic OH excluding ortho intramolecular Hbond substituents is 1. The minimum absolute atomic E-state index is 0.0435. The van der Waals surface area contributed by atoms with Crippen molar-refractivity contribution in [3.8, 4) is 17.2 Å². The van der Waals surface area contributed by atoms with E-state index in [2.05, 4.69) is 5.32 Å². The number of rotatable bonds is 7. The van der Waals surface area contributed by atoms with Gasteiger partial charge in [-0.25, -0.2) is 0 Å². The van der Waals surface area contributed by atoms with Crippen molar-refractivity contribution in [1.29, 1.82) is 0 Å². The van der Waals surface area contributed by atoms with Gasteiger partial charge in [-0.2, -0.15) is 13.2 Å². The van der Waals surface area contributed by atoms with Crippen molar-refractivity contribution in [3.63, 3.8) is 0 Å². The first-order chi connectivity index (χ1) is 17.6. The van der Waals surface area contributed by atoms with Gasteiger partial charge in [0, 0.05) is 13.0 Å². The van der Waals surface area contributed by atoms with Crippen molar-refractivity contribution in [3.05, 3.63) is 88.5 Å². The van der Waals surface area contributed by atoms with Crippen LogP contribution in [-0.2, 0) is 17.5 Å². The van der Waals surface area contributed by atoms with Gasteiger partial charge in [0.25, 0.3) is 0 Å². The first-order valence-electron chi connectivity index (χ1n) is 11.8. The van der Waals surface area contributed by atoms with Crippen LogP contribution in [0.5, 0.6) is 17.2 Å². The molecule has 0 fully saturated rings. The molecule has 8 heteroatoms. The van der Waals surface area contributed by atoms with Crippen molar-refractivity contribution in [2.45, 2.75) is 32.0 Å². The van der Waals surface area contributed by atoms with Crippen LogP contribution < -0.4 is 14.8 Å². The van der Waals surface area contributed by atoms with Gasteiger partial charge in [-0.3, -0.25) is 4.79 Å². The fourth-order valence-corrected chi connectivity index (χ4v) is 4.78. The lowest BCUT2D eigenvalue weighted by Crippen LogP contribution is -2.25. The Kier molecular flexibility index (Phi) is 7.47. The number of carbonyl (C=O) groups excluding carboxylic acids is 1. The largest absolute Gasteiger partial charge is 0.502 e. The minimum Gasteiger partial charge on any atom is -0.502 e. The maximum atomic E-state index is 13.6. The number of fused-ring (bicyclic) bond motifs is 1. The Morgan fingerprint density at radius 3 is 2.27 bits per heavy atom. The van der Waals surface area contributed by atoms with Crippen LogP contribution in [0.2, 0.25) is 0 Å². The number of methoxy groups -OCH3 is 2. The number of amides is 1. The highest BCUT2D eigenvalue weighted by Crippen LogP contribution is 2.50. The molecule has 194 valence electrons. The second-order valence-electron chi connectivity index (χ2n) is 9.04. The maximum Gasteiger partial charge on any atom is 0.416 e. The Labute approximate surface area is 213 Å². The van der Waals surface area contributed by atoms with Crippen molar-refractivity contribution in [2.75, 3.05) is 14.2 Å². The molecule has 37 heavy (non-hydrogen) atoms. The first-order valence-corrected chi connectivity index (χ1v) is 11.8. The molecule has 0 aliphatic heterocycles. The zero-order valence-electron chi connectivity index (χ0n) is 20.7. The van der Waals surface area contributed by atoms with E-state index in [0.717, 1.165) is 23.3 Å². The molecule has 2 atom stereocenters. The number of aromatic hydroxyl groups is 1. The van der Waals surface area contributed by atoms with Crippen LogP contribution >= 0.6 is 0 Å². The van der Waals surface area contributed by atoms with E-state index >= 15 is 0 Å². The van der Waals surface area contributed by atoms with E-state index in [0.29, 0.717) is 23.2 Å². The molecule has 4 rings (SSSR count). The van der Waals surface area contributed by atoms with Crippen LogP contribution in [-0.4, -0.2) is 25.2 Å². The van der Waals surface area contributed by atoms with Gasteiger partial charge in [0.2, 0.25) is 11.7 Å². The number of alkyl halides is 3. The lowest BCUT2D eigenvalue weighted by atomic mass is 9.88. The number of carbonyl (C=O) groups is 1. The Hall–Kier alpha value is -3.94. The minimum atomic E-state index is -4.50. The fourth-order valence-electron chi connectivity index (χ4n) is 4.78. The predicted molar refractivity (Wildman–Crippen MR) is 135 cm³/mol. The molecule has 2 N–H and O–H groups in total. The first kappa shape index (κ1) is 26.1. The van der Waals surface area contributed by atoms with Gasteiger partial charge in [-0.1, -0.05) is 49.4 Å². The summed E-state index contributed by atoms with van der Waals surface area (Å²) in [5, 5.41) is 13.1. The van der Waals surface area contributed by atoms with Gasteiger partial charge in [0.1, 0.15) is 0 Å². The van der Waals surface area contributed by atoms with Crippen molar-refractivity contribution in [2.24, 2.45) is 5.92 Å². The summed E-state index contributed by atoms with van der Waals surface area (Å²) in [5.74, 6) is -0.650. The topological polar surface area (TPSA) is 67.8 Å². The number of phenols is 1. The molecule has 3 aromatic rings. The molecule has 2 unspecified atom stereocenters. The molecule has 0 bridgehead atoms. The van der Waals surface area contributed by atoms with Crippen LogP contribution in [0, 0.1) is 5.92 Å². The molecule has 1 aliphatic carbocycles. The standard InChI is InChI=1S/C29H28F3NO4/c1-17-22(11-19-12-25(36-2)28(35)26(13-19)37-3)21-10-9-20(29(30,31)32)14-24(21)23(17)15-27(34)33-16-18-7-5-4-6-8-18/h4-14,17,23,35H,15-16H2,1-3H3,(H,33,34)/b22-11-. The normalized spacial score (nSPS) is 17.9. The van der Waals surface area contributed by atoms with Gasteiger partial charge >= 0.3 is 6.18 Å². The molecule has 0 radical (unpaired) electrons. The van der Waals surface area contributed by atoms with Gasteiger partial charge in [-0.05, 0) is 63.9 Å². The molecule has 0 saturated carbocycles. The fraction of sp³-hybridized carbons (Fsp3) is 0.276. The third-order valence-electron chi connectivity index (χ3n) is 6.75. The van der Waals surface area contributed by atoms with Crippen molar-refractivity contribution < 1.29 is 32.5 Å². The Morgan fingerprint density at radius 1 is 1.03 bits per heavy atom. The Balaban J connectivity index is 1.70. The van der Waals surface area contributed by atoms with Crippen LogP contribution in [0.4, 0.5) is 13.2 Å². The van der Waals surface area contributed by atoms with Crippen LogP contribution in [0.15, 0.2) is 60.7 Å². The highest BCUT2D eigenvalue weighted by molar-refractivity contribution is 5.90. The van der Waals surface area contributed by atoms with E-state index < -0.39 is 17.7 Å². The van der Waals surface area contributed by atoms with E-state index in [1.807, 2.05) is 43.3 Å². The second-order valence-corrected chi connectivity index (χ2v) is 9.04. The summed E-state index contributed by atoms with van der Waals surface area (Å²) >= 11 is 0. The maximum absolute atomic E-state index is 13.6. The quantitative estimate of drug-likeness (QED) is 0.385. The van der Waals surface area contributed by atoms with Crippen LogP contribution in [0.25, 0.3) is 11.6 Å². The number of hydrogen-bond acceptors (Lipinski definition) is 4. The number of allylic oxidation sites excluding steroid dienone is 1. The van der Waals surface area contributed by atoms with Gasteiger partial charge in [-0.15, -0.1) is 0 Å². The van der Waals surface area contributed by atoms with Crippen LogP contribution in [0.3, 0.4) is 0 Å². The molecule has 0 aromatic heterocycles. The molecule has 0 heterocycles. The van der Waals surface area contributed by atoms with Crippen molar-refractivity contribution in [1.82, 2.24) is 5.32 Å². The summed E-state index contributed by atoms with van der Waals surface area (Å²) in [6.45, 7) is 2.25. The zero-order chi connectivity index (χ0) is 26.7. The summed E-state index contributed by atoms with van der Waals surface area (Å²) < 4.78 is 51.1. The van der Waals surface area contributed by atoms with E-state index in [-0.39, 0.29) is 35.5 Å². The van der Waals surface area contributed by atoms with Crippen LogP contribution in [0.1, 0.15) is 47.1 Å². The third-order valence-corrected chi connectivity index (χ3v) is 6.75. The Bertz CT molecular complexity index is 1290. The smallest absolute Gasteiger partial charge is 0.416 e. The molecule has 0 saturated heterocycles. The molecule has 1 aliphatic rings. The summed E-state index contributed by atoms with van der Waals surface area (Å²) in [4.78, 5) is 12.9. The van der Waals surface area contributed by atoms with E-state index in [9.17, 15) is 23.1 Å². The summed E-state index contributed by atoms with van der Waals surface area (Å²) in [6, 6.07) is 16.4. The molecular formula is C29H28F3NO4.